The molecule has 16 heteroatoms. The Kier molecular flexibility index (Phi) is 48.0. The second kappa shape index (κ2) is 29.6. The van der Waals surface area contributed by atoms with Crippen molar-refractivity contribution in [2.45, 2.75) is 55.9 Å². The summed E-state index contributed by atoms with van der Waals surface area (Å²) in [6.45, 7) is 6.75. The minimum atomic E-state index is -2.65. The minimum absolute atomic E-state index is 0. The first kappa shape index (κ1) is 55.1. The summed E-state index contributed by atoms with van der Waals surface area (Å²) in [4.78, 5) is 17.7. The Morgan fingerprint density at radius 3 is 0.441 bits per heavy atom. The standard InChI is InChI=1S/2C4H12O3Si.2C3H10O3Si.4CH4/c2*1-5-8(4,6-2)7-3;2*1-5-7(3,4)6-2;;;;/h2*1-4H3;2*4H,1-3H3;4*1H4. The maximum absolute atomic E-state index is 8.83. The molecule has 34 heavy (non-hydrogen) atoms. The lowest BCUT2D eigenvalue weighted by Crippen LogP contribution is -2.38. The molecule has 0 rings (SSSR count). The van der Waals surface area contributed by atoms with Crippen LogP contribution in [0.25, 0.3) is 0 Å². The molecule has 0 aromatic carbocycles. The fourth-order valence-corrected chi connectivity index (χ4v) is 2.00. The smallest absolute Gasteiger partial charge is 0.390 e. The van der Waals surface area contributed by atoms with E-state index in [9.17, 15) is 0 Å². The maximum atomic E-state index is 8.83. The molecule has 0 aromatic heterocycles. The van der Waals surface area contributed by atoms with Gasteiger partial charge < -0.3 is 53.9 Å². The Bertz CT molecular complexity index is 310. The molecule has 0 aliphatic heterocycles. The zero-order valence-electron chi connectivity index (χ0n) is 21.0. The van der Waals surface area contributed by atoms with Crippen LogP contribution >= 0.6 is 0 Å². The molecule has 0 saturated carbocycles. The van der Waals surface area contributed by atoms with Gasteiger partial charge in [-0.05, 0) is 0 Å². The first-order chi connectivity index (χ1) is 13.6. The molecule has 0 atom stereocenters. The van der Waals surface area contributed by atoms with Crippen molar-refractivity contribution >= 4 is 35.2 Å². The molecule has 0 bridgehead atoms. The average Bonchev–Trinajstić information content (AvgIpc) is 2.79. The molecular weight excluding hydrogens is 521 g/mol. The summed E-state index contributed by atoms with van der Waals surface area (Å²) in [5.41, 5.74) is 0. The third-order valence-corrected chi connectivity index (χ3v) is 11.2. The van der Waals surface area contributed by atoms with E-state index in [-0.39, 0.29) is 29.7 Å². The Balaban J connectivity index is -0.0000000426. The van der Waals surface area contributed by atoms with Crippen LogP contribution in [0.2, 0.25) is 26.2 Å². The van der Waals surface area contributed by atoms with Gasteiger partial charge in [-0.25, -0.2) is 0 Å². The van der Waals surface area contributed by atoms with Gasteiger partial charge in [-0.3, -0.25) is 0 Å². The molecule has 0 spiro atoms. The van der Waals surface area contributed by atoms with Crippen LogP contribution in [0.15, 0.2) is 0 Å². The van der Waals surface area contributed by atoms with Crippen LogP contribution < -0.4 is 0 Å². The Labute approximate surface area is 216 Å². The predicted octanol–water partition coefficient (Wildman–Crippen LogP) is 3.21. The van der Waals surface area contributed by atoms with E-state index in [1.54, 1.807) is 55.8 Å². The molecule has 0 unspecified atom stereocenters. The molecule has 0 fully saturated rings. The zero-order valence-corrected chi connectivity index (χ0v) is 25.0. The van der Waals surface area contributed by atoms with Gasteiger partial charge in [-0.2, -0.15) is 0 Å². The lowest BCUT2D eigenvalue weighted by Gasteiger charge is -2.18. The minimum Gasteiger partial charge on any atom is -0.390 e. The molecule has 0 radical (unpaired) electrons. The fraction of sp³-hybridized carbons (Fsp3) is 1.00. The van der Waals surface area contributed by atoms with Crippen molar-refractivity contribution < 1.29 is 53.9 Å². The lowest BCUT2D eigenvalue weighted by atomic mass is 11.8. The highest BCUT2D eigenvalue weighted by Crippen LogP contribution is 2.03. The van der Waals surface area contributed by atoms with Crippen LogP contribution in [0, 0.1) is 0 Å². The summed E-state index contributed by atoms with van der Waals surface area (Å²) >= 11 is 0. The van der Waals surface area contributed by atoms with Gasteiger partial charge in [0, 0.05) is 97.3 Å². The topological polar surface area (TPSA) is 133 Å². The fourth-order valence-electron chi connectivity index (χ4n) is 0.667. The van der Waals surface area contributed by atoms with E-state index in [0.717, 1.165) is 0 Å². The third kappa shape index (κ3) is 34.6. The van der Waals surface area contributed by atoms with Crippen LogP contribution in [0.4, 0.5) is 0 Å². The highest BCUT2D eigenvalue weighted by Gasteiger charge is 2.30. The number of hydrogen-bond donors (Lipinski definition) is 2. The van der Waals surface area contributed by atoms with Gasteiger partial charge >= 0.3 is 35.2 Å². The Morgan fingerprint density at radius 1 is 0.324 bits per heavy atom. The van der Waals surface area contributed by atoms with Crippen LogP contribution in [0.1, 0.15) is 29.7 Å². The van der Waals surface area contributed by atoms with Crippen LogP contribution in [0.3, 0.4) is 0 Å². The summed E-state index contributed by atoms with van der Waals surface area (Å²) in [6, 6.07) is 0. The summed E-state index contributed by atoms with van der Waals surface area (Å²) in [6.07, 6.45) is 0. The van der Waals surface area contributed by atoms with Crippen LogP contribution in [0.5, 0.6) is 0 Å². The molecule has 12 nitrogen and oxygen atoms in total. The second-order valence-electron chi connectivity index (χ2n) is 5.56. The van der Waals surface area contributed by atoms with Gasteiger partial charge in [0.1, 0.15) is 0 Å². The zero-order chi connectivity index (χ0) is 25.1. The summed E-state index contributed by atoms with van der Waals surface area (Å²) in [5, 5.41) is 0. The number of rotatable bonds is 10. The van der Waals surface area contributed by atoms with Crippen LogP contribution in [-0.2, 0) is 44.3 Å². The maximum Gasteiger partial charge on any atom is 0.496 e. The van der Waals surface area contributed by atoms with E-state index < -0.39 is 35.2 Å². The van der Waals surface area contributed by atoms with Crippen molar-refractivity contribution in [3.8, 4) is 0 Å². The molecule has 2 N–H and O–H groups in total. The Morgan fingerprint density at radius 2 is 0.441 bits per heavy atom. The molecule has 0 amide bonds. The molecular formula is C18H60O12Si4. The monoisotopic (exact) mass is 580 g/mol. The first-order valence-corrected chi connectivity index (χ1v) is 17.5. The van der Waals surface area contributed by atoms with E-state index in [1.807, 2.05) is 13.1 Å². The van der Waals surface area contributed by atoms with E-state index in [1.165, 1.54) is 28.4 Å². The molecule has 0 aliphatic carbocycles. The van der Waals surface area contributed by atoms with Crippen molar-refractivity contribution in [3.63, 3.8) is 0 Å². The third-order valence-electron chi connectivity index (χ3n) is 3.74. The SMILES string of the molecule is C.C.C.C.CO[Si](C)(O)OC.CO[Si](C)(O)OC.CO[Si](C)(OC)OC.CO[Si](C)(OC)OC. The second-order valence-corrected chi connectivity index (χ2v) is 16.7. The highest BCUT2D eigenvalue weighted by molar-refractivity contribution is 6.59. The largest absolute Gasteiger partial charge is 0.496 e. The molecule has 220 valence electrons. The lowest BCUT2D eigenvalue weighted by molar-refractivity contribution is 0.131. The van der Waals surface area contributed by atoms with E-state index in [0.29, 0.717) is 0 Å². The highest BCUT2D eigenvalue weighted by atomic mass is 28.4. The van der Waals surface area contributed by atoms with Crippen LogP contribution in [-0.4, -0.2) is 116 Å². The Hall–Kier alpha value is 0.388. The van der Waals surface area contributed by atoms with Crippen molar-refractivity contribution in [1.82, 2.24) is 0 Å². The normalized spacial score (nSPS) is 10.6. The van der Waals surface area contributed by atoms with E-state index in [4.69, 9.17) is 36.1 Å². The molecule has 0 aromatic rings. The van der Waals surface area contributed by atoms with Crippen molar-refractivity contribution in [3.05, 3.63) is 0 Å². The van der Waals surface area contributed by atoms with Gasteiger partial charge in [-0.15, -0.1) is 0 Å². The summed E-state index contributed by atoms with van der Waals surface area (Å²) in [7, 11) is 5.56. The summed E-state index contributed by atoms with van der Waals surface area (Å²) in [5.74, 6) is 0. The number of hydrogen-bond acceptors (Lipinski definition) is 12. The van der Waals surface area contributed by atoms with Gasteiger partial charge in [0.2, 0.25) is 0 Å². The van der Waals surface area contributed by atoms with Crippen molar-refractivity contribution in [2.24, 2.45) is 0 Å². The molecule has 0 aliphatic rings. The van der Waals surface area contributed by atoms with Gasteiger partial charge in [-0.1, -0.05) is 29.7 Å². The van der Waals surface area contributed by atoms with Crippen molar-refractivity contribution in [2.75, 3.05) is 71.1 Å². The van der Waals surface area contributed by atoms with E-state index >= 15 is 0 Å². The molecule has 0 saturated heterocycles. The first-order valence-electron chi connectivity index (χ1n) is 8.57. The molecule has 0 heterocycles. The van der Waals surface area contributed by atoms with Gasteiger partial charge in [0.25, 0.3) is 0 Å². The quantitative estimate of drug-likeness (QED) is 0.368. The van der Waals surface area contributed by atoms with Gasteiger partial charge in [0.05, 0.1) is 0 Å². The predicted molar refractivity (Wildman–Crippen MR) is 148 cm³/mol. The van der Waals surface area contributed by atoms with Crippen molar-refractivity contribution in [1.29, 1.82) is 0 Å². The van der Waals surface area contributed by atoms with Gasteiger partial charge in [0.15, 0.2) is 0 Å². The summed E-state index contributed by atoms with van der Waals surface area (Å²) < 4.78 is 47.8. The van der Waals surface area contributed by atoms with E-state index in [2.05, 4.69) is 17.7 Å². The average molecular weight is 581 g/mol.